The van der Waals surface area contributed by atoms with Crippen molar-refractivity contribution >= 4 is 22.5 Å². The van der Waals surface area contributed by atoms with Crippen LogP contribution in [-0.4, -0.2) is 36.4 Å². The molecular formula is C20H21F2N3O. The molecule has 0 saturated carbocycles. The first-order chi connectivity index (χ1) is 12.4. The number of aromatic nitrogens is 1. The fourth-order valence-electron chi connectivity index (χ4n) is 3.00. The highest BCUT2D eigenvalue weighted by molar-refractivity contribution is 6.05. The number of likely N-dealkylation sites (N-methyl/N-ethyl adjacent to an activating group) is 1. The molecule has 4 nitrogen and oxygen atoms in total. The van der Waals surface area contributed by atoms with Crippen LogP contribution in [0.1, 0.15) is 21.6 Å². The maximum Gasteiger partial charge on any atom is 0.258 e. The summed E-state index contributed by atoms with van der Waals surface area (Å²) in [6.45, 7) is 2.92. The molecule has 0 aliphatic carbocycles. The second kappa shape index (κ2) is 7.25. The molecule has 0 aliphatic rings. The van der Waals surface area contributed by atoms with Gasteiger partial charge in [-0.05, 0) is 63.3 Å². The van der Waals surface area contributed by atoms with Gasteiger partial charge in [0, 0.05) is 28.8 Å². The molecule has 136 valence electrons. The average Bonchev–Trinajstić information content (AvgIpc) is 2.90. The van der Waals surface area contributed by atoms with Crippen LogP contribution in [0.2, 0.25) is 0 Å². The van der Waals surface area contributed by atoms with Gasteiger partial charge in [0.25, 0.3) is 5.91 Å². The van der Waals surface area contributed by atoms with E-state index in [9.17, 15) is 13.6 Å². The van der Waals surface area contributed by atoms with Gasteiger partial charge in [-0.15, -0.1) is 0 Å². The lowest BCUT2D eigenvalue weighted by molar-refractivity contribution is 0.102. The fourth-order valence-corrected chi connectivity index (χ4v) is 3.00. The molecule has 1 heterocycles. The van der Waals surface area contributed by atoms with Crippen molar-refractivity contribution in [1.29, 1.82) is 0 Å². The number of aromatic amines is 1. The molecule has 0 aliphatic heterocycles. The number of H-pyrrole nitrogens is 1. The summed E-state index contributed by atoms with van der Waals surface area (Å²) in [6, 6.07) is 9.03. The second-order valence-corrected chi connectivity index (χ2v) is 6.60. The van der Waals surface area contributed by atoms with E-state index in [1.165, 1.54) is 17.7 Å². The van der Waals surface area contributed by atoms with Crippen molar-refractivity contribution in [3.05, 3.63) is 64.9 Å². The highest BCUT2D eigenvalue weighted by Gasteiger charge is 2.16. The lowest BCUT2D eigenvalue weighted by Crippen LogP contribution is -2.15. The van der Waals surface area contributed by atoms with E-state index in [4.69, 9.17) is 0 Å². The molecule has 26 heavy (non-hydrogen) atoms. The van der Waals surface area contributed by atoms with E-state index >= 15 is 0 Å². The number of aryl methyl sites for hydroxylation is 1. The molecule has 2 aromatic carbocycles. The van der Waals surface area contributed by atoms with E-state index in [1.807, 2.05) is 33.2 Å². The molecule has 6 heteroatoms. The zero-order valence-corrected chi connectivity index (χ0v) is 15.0. The number of rotatable bonds is 5. The molecule has 0 fully saturated rings. The highest BCUT2D eigenvalue weighted by Crippen LogP contribution is 2.26. The Morgan fingerprint density at radius 2 is 1.96 bits per heavy atom. The van der Waals surface area contributed by atoms with Crippen molar-refractivity contribution in [3.63, 3.8) is 0 Å². The number of hydrogen-bond donors (Lipinski definition) is 2. The molecule has 2 N–H and O–H groups in total. The molecule has 0 bridgehead atoms. The molecule has 0 atom stereocenters. The maximum absolute atomic E-state index is 13.8. The molecule has 0 saturated heterocycles. The Balaban J connectivity index is 1.90. The van der Waals surface area contributed by atoms with Gasteiger partial charge in [0.15, 0.2) is 11.6 Å². The number of nitrogens with one attached hydrogen (secondary N) is 2. The summed E-state index contributed by atoms with van der Waals surface area (Å²) < 4.78 is 27.1. The number of nitrogens with zero attached hydrogens (tertiary/aromatic N) is 1. The van der Waals surface area contributed by atoms with Crippen LogP contribution in [0.25, 0.3) is 10.9 Å². The van der Waals surface area contributed by atoms with Gasteiger partial charge in [0.1, 0.15) is 0 Å². The third-order valence-corrected chi connectivity index (χ3v) is 4.38. The topological polar surface area (TPSA) is 48.1 Å². The zero-order valence-electron chi connectivity index (χ0n) is 15.0. The van der Waals surface area contributed by atoms with E-state index in [0.717, 1.165) is 35.6 Å². The summed E-state index contributed by atoms with van der Waals surface area (Å²) in [6.07, 6.45) is 0.870. The van der Waals surface area contributed by atoms with E-state index in [-0.39, 0.29) is 5.56 Å². The van der Waals surface area contributed by atoms with E-state index < -0.39 is 17.5 Å². The van der Waals surface area contributed by atoms with Crippen LogP contribution in [0.5, 0.6) is 0 Å². The maximum atomic E-state index is 13.8. The van der Waals surface area contributed by atoms with Gasteiger partial charge in [-0.3, -0.25) is 4.79 Å². The standard InChI is InChI=1S/C20H21F2N3O/c1-12-14(9-10-25(2)3)16-11-13(7-8-18(16)23-12)24-20(26)15-5-4-6-17(21)19(15)22/h4-8,11,23H,9-10H2,1-3H3,(H,24,26). The third kappa shape index (κ3) is 3.60. The molecular weight excluding hydrogens is 336 g/mol. The smallest absolute Gasteiger partial charge is 0.258 e. The molecule has 3 rings (SSSR count). The van der Waals surface area contributed by atoms with Gasteiger partial charge in [-0.2, -0.15) is 0 Å². The number of carbonyl (C=O) groups is 1. The Hall–Kier alpha value is -2.73. The summed E-state index contributed by atoms with van der Waals surface area (Å²) >= 11 is 0. The molecule has 0 radical (unpaired) electrons. The second-order valence-electron chi connectivity index (χ2n) is 6.60. The first kappa shape index (κ1) is 18.1. The number of halogens is 2. The number of hydrogen-bond acceptors (Lipinski definition) is 2. The monoisotopic (exact) mass is 357 g/mol. The number of carbonyl (C=O) groups excluding carboxylic acids is 1. The third-order valence-electron chi connectivity index (χ3n) is 4.38. The summed E-state index contributed by atoms with van der Waals surface area (Å²) in [5.74, 6) is -2.86. The summed E-state index contributed by atoms with van der Waals surface area (Å²) in [7, 11) is 4.03. The Kier molecular flexibility index (Phi) is 5.04. The van der Waals surface area contributed by atoms with Crippen molar-refractivity contribution < 1.29 is 13.6 Å². The average molecular weight is 357 g/mol. The van der Waals surface area contributed by atoms with E-state index in [0.29, 0.717) is 5.69 Å². The minimum atomic E-state index is -1.14. The van der Waals surface area contributed by atoms with Gasteiger partial charge in [0.05, 0.1) is 5.56 Å². The van der Waals surface area contributed by atoms with Crippen LogP contribution in [-0.2, 0) is 6.42 Å². The minimum Gasteiger partial charge on any atom is -0.358 e. The Morgan fingerprint density at radius 1 is 1.19 bits per heavy atom. The highest BCUT2D eigenvalue weighted by atomic mass is 19.2. The zero-order chi connectivity index (χ0) is 18.8. The molecule has 0 unspecified atom stereocenters. The van der Waals surface area contributed by atoms with Gasteiger partial charge in [-0.25, -0.2) is 8.78 Å². The molecule has 1 aromatic heterocycles. The van der Waals surface area contributed by atoms with Gasteiger partial charge < -0.3 is 15.2 Å². The molecule has 3 aromatic rings. The van der Waals surface area contributed by atoms with Crippen molar-refractivity contribution in [2.24, 2.45) is 0 Å². The Bertz CT molecular complexity index is 963. The van der Waals surface area contributed by atoms with Crippen molar-refractivity contribution in [1.82, 2.24) is 9.88 Å². The first-order valence-corrected chi connectivity index (χ1v) is 8.38. The van der Waals surface area contributed by atoms with Crippen LogP contribution < -0.4 is 5.32 Å². The quantitative estimate of drug-likeness (QED) is 0.722. The molecule has 1 amide bonds. The van der Waals surface area contributed by atoms with Crippen LogP contribution in [0.4, 0.5) is 14.5 Å². The predicted molar refractivity (Wildman–Crippen MR) is 99.6 cm³/mol. The Morgan fingerprint density at radius 3 is 2.69 bits per heavy atom. The normalized spacial score (nSPS) is 11.3. The summed E-state index contributed by atoms with van der Waals surface area (Å²) in [4.78, 5) is 17.7. The van der Waals surface area contributed by atoms with Crippen LogP contribution >= 0.6 is 0 Å². The number of benzene rings is 2. The summed E-state index contributed by atoms with van der Waals surface area (Å²) in [5.41, 5.74) is 3.47. The van der Waals surface area contributed by atoms with Crippen LogP contribution in [0.15, 0.2) is 36.4 Å². The summed E-state index contributed by atoms with van der Waals surface area (Å²) in [5, 5.41) is 3.67. The van der Waals surface area contributed by atoms with Crippen LogP contribution in [0, 0.1) is 18.6 Å². The Labute approximate surface area is 150 Å². The fraction of sp³-hybridized carbons (Fsp3) is 0.250. The number of amides is 1. The van der Waals surface area contributed by atoms with Gasteiger partial charge in [-0.1, -0.05) is 6.07 Å². The van der Waals surface area contributed by atoms with Crippen molar-refractivity contribution in [3.8, 4) is 0 Å². The van der Waals surface area contributed by atoms with Crippen molar-refractivity contribution in [2.75, 3.05) is 26.0 Å². The lowest BCUT2D eigenvalue weighted by Gasteiger charge is -2.10. The SMILES string of the molecule is Cc1[nH]c2ccc(NC(=O)c3cccc(F)c3F)cc2c1CCN(C)C. The first-order valence-electron chi connectivity index (χ1n) is 8.38. The lowest BCUT2D eigenvalue weighted by atomic mass is 10.1. The predicted octanol–water partition coefficient (Wildman–Crippen LogP) is 4.11. The minimum absolute atomic E-state index is 0.317. The van der Waals surface area contributed by atoms with Gasteiger partial charge in [0.2, 0.25) is 0 Å². The van der Waals surface area contributed by atoms with Crippen molar-refractivity contribution in [2.45, 2.75) is 13.3 Å². The molecule has 0 spiro atoms. The largest absolute Gasteiger partial charge is 0.358 e. The number of anilines is 1. The number of fused-ring (bicyclic) bond motifs is 1. The van der Waals surface area contributed by atoms with E-state index in [2.05, 4.69) is 15.2 Å². The van der Waals surface area contributed by atoms with E-state index in [1.54, 1.807) is 6.07 Å². The van der Waals surface area contributed by atoms with Crippen LogP contribution in [0.3, 0.4) is 0 Å². The van der Waals surface area contributed by atoms with Gasteiger partial charge >= 0.3 is 0 Å².